The molecule has 4 heteroatoms. The highest BCUT2D eigenvalue weighted by molar-refractivity contribution is 5.66. The molecule has 0 bridgehead atoms. The second-order valence-corrected chi connectivity index (χ2v) is 6.04. The van der Waals surface area contributed by atoms with E-state index in [4.69, 9.17) is 5.11 Å². The predicted molar refractivity (Wildman–Crippen MR) is 89.9 cm³/mol. The Labute approximate surface area is 135 Å². The molecule has 0 rings (SSSR count). The van der Waals surface area contributed by atoms with Crippen LogP contribution in [0.25, 0.3) is 0 Å². The number of unbranched alkanes of at least 4 members (excludes halogenated alkanes) is 7. The molecule has 0 aromatic rings. The first kappa shape index (κ1) is 21.1. The highest BCUT2D eigenvalue weighted by Gasteiger charge is 2.13. The maximum absolute atomic E-state index is 10.3. The molecule has 0 saturated heterocycles. The molecule has 0 radical (unpaired) electrons. The second kappa shape index (κ2) is 15.0. The minimum Gasteiger partial charge on any atom is -0.481 e. The van der Waals surface area contributed by atoms with Gasteiger partial charge in [-0.1, -0.05) is 57.6 Å². The smallest absolute Gasteiger partial charge is 0.303 e. The molecule has 2 atom stereocenters. The average Bonchev–Trinajstić information content (AvgIpc) is 2.49. The molecule has 130 valence electrons. The van der Waals surface area contributed by atoms with Gasteiger partial charge in [-0.15, -0.1) is 0 Å². The van der Waals surface area contributed by atoms with E-state index >= 15 is 0 Å². The number of allylic oxidation sites excluding steroid dienone is 1. The van der Waals surface area contributed by atoms with E-state index in [0.717, 1.165) is 38.5 Å². The van der Waals surface area contributed by atoms with Crippen LogP contribution in [0.2, 0.25) is 0 Å². The summed E-state index contributed by atoms with van der Waals surface area (Å²) in [4.78, 5) is 10.3. The topological polar surface area (TPSA) is 77.8 Å². The van der Waals surface area contributed by atoms with E-state index < -0.39 is 18.2 Å². The van der Waals surface area contributed by atoms with E-state index in [1.165, 1.54) is 19.3 Å². The lowest BCUT2D eigenvalue weighted by molar-refractivity contribution is -0.137. The van der Waals surface area contributed by atoms with Crippen molar-refractivity contribution in [3.8, 4) is 0 Å². The molecule has 4 nitrogen and oxygen atoms in total. The van der Waals surface area contributed by atoms with Crippen molar-refractivity contribution >= 4 is 5.97 Å². The first-order chi connectivity index (χ1) is 10.6. The molecule has 0 aromatic carbocycles. The fourth-order valence-electron chi connectivity index (χ4n) is 2.38. The molecule has 0 aliphatic carbocycles. The Balaban J connectivity index is 3.49. The van der Waals surface area contributed by atoms with E-state index in [1.807, 2.05) is 6.08 Å². The van der Waals surface area contributed by atoms with Crippen LogP contribution < -0.4 is 0 Å². The van der Waals surface area contributed by atoms with Crippen LogP contribution in [0.3, 0.4) is 0 Å². The quantitative estimate of drug-likeness (QED) is 0.315. The van der Waals surface area contributed by atoms with Crippen LogP contribution in [0, 0.1) is 0 Å². The Kier molecular flexibility index (Phi) is 14.4. The van der Waals surface area contributed by atoms with Crippen LogP contribution in [0.1, 0.15) is 84.0 Å². The highest BCUT2D eigenvalue weighted by Crippen LogP contribution is 2.12. The van der Waals surface area contributed by atoms with Gasteiger partial charge in [0.1, 0.15) is 0 Å². The molecular formula is C18H34O4. The number of hydrogen-bond donors (Lipinski definition) is 3. The molecule has 0 aliphatic rings. The zero-order valence-corrected chi connectivity index (χ0v) is 14.0. The third kappa shape index (κ3) is 14.1. The van der Waals surface area contributed by atoms with Crippen LogP contribution >= 0.6 is 0 Å². The molecular weight excluding hydrogens is 280 g/mol. The Hall–Kier alpha value is -0.870. The van der Waals surface area contributed by atoms with Crippen LogP contribution in [-0.2, 0) is 4.79 Å². The van der Waals surface area contributed by atoms with Gasteiger partial charge in [0.15, 0.2) is 0 Å². The summed E-state index contributed by atoms with van der Waals surface area (Å²) < 4.78 is 0. The van der Waals surface area contributed by atoms with Crippen molar-refractivity contribution in [3.05, 3.63) is 12.2 Å². The normalized spacial score (nSPS) is 14.3. The SMILES string of the molecule is CCCCC/C=C/C[C@@H](O)[C@H](O)CCCCCCCC(=O)O. The highest BCUT2D eigenvalue weighted by atomic mass is 16.4. The third-order valence-electron chi connectivity index (χ3n) is 3.85. The summed E-state index contributed by atoms with van der Waals surface area (Å²) >= 11 is 0. The first-order valence-corrected chi connectivity index (χ1v) is 8.80. The fourth-order valence-corrected chi connectivity index (χ4v) is 2.38. The minimum absolute atomic E-state index is 0.242. The largest absolute Gasteiger partial charge is 0.481 e. The van der Waals surface area contributed by atoms with Gasteiger partial charge in [0.05, 0.1) is 12.2 Å². The predicted octanol–water partition coefficient (Wildman–Crippen LogP) is 4.05. The molecule has 0 aromatic heterocycles. The maximum Gasteiger partial charge on any atom is 0.303 e. The minimum atomic E-state index is -0.735. The number of carboxylic acid groups (broad SMARTS) is 1. The van der Waals surface area contributed by atoms with E-state index in [0.29, 0.717) is 12.8 Å². The van der Waals surface area contributed by atoms with E-state index in [2.05, 4.69) is 13.0 Å². The molecule has 0 amide bonds. The average molecular weight is 314 g/mol. The first-order valence-electron chi connectivity index (χ1n) is 8.80. The Morgan fingerprint density at radius 1 is 0.909 bits per heavy atom. The summed E-state index contributed by atoms with van der Waals surface area (Å²) in [6.07, 6.45) is 13.3. The van der Waals surface area contributed by atoms with E-state index in [-0.39, 0.29) is 6.42 Å². The van der Waals surface area contributed by atoms with Gasteiger partial charge in [0.2, 0.25) is 0 Å². The van der Waals surface area contributed by atoms with Crippen molar-refractivity contribution in [1.29, 1.82) is 0 Å². The molecule has 0 spiro atoms. The molecule has 0 fully saturated rings. The van der Waals surface area contributed by atoms with Gasteiger partial charge < -0.3 is 15.3 Å². The lowest BCUT2D eigenvalue weighted by Crippen LogP contribution is -2.25. The Morgan fingerprint density at radius 3 is 2.27 bits per heavy atom. The number of hydrogen-bond acceptors (Lipinski definition) is 3. The van der Waals surface area contributed by atoms with Gasteiger partial charge in [-0.25, -0.2) is 0 Å². The lowest BCUT2D eigenvalue weighted by Gasteiger charge is -2.16. The van der Waals surface area contributed by atoms with Crippen molar-refractivity contribution in [2.24, 2.45) is 0 Å². The van der Waals surface area contributed by atoms with Crippen molar-refractivity contribution in [2.45, 2.75) is 96.2 Å². The number of aliphatic hydroxyl groups excluding tert-OH is 2. The monoisotopic (exact) mass is 314 g/mol. The van der Waals surface area contributed by atoms with Gasteiger partial charge in [0, 0.05) is 6.42 Å². The van der Waals surface area contributed by atoms with Crippen LogP contribution in [0.4, 0.5) is 0 Å². The number of aliphatic carboxylic acids is 1. The second-order valence-electron chi connectivity index (χ2n) is 6.04. The van der Waals surface area contributed by atoms with Crippen LogP contribution in [-0.4, -0.2) is 33.5 Å². The summed E-state index contributed by atoms with van der Waals surface area (Å²) in [6.45, 7) is 2.18. The van der Waals surface area contributed by atoms with Gasteiger partial charge in [-0.3, -0.25) is 4.79 Å². The summed E-state index contributed by atoms with van der Waals surface area (Å²) in [5.41, 5.74) is 0. The van der Waals surface area contributed by atoms with Gasteiger partial charge >= 0.3 is 5.97 Å². The molecule has 3 N–H and O–H groups in total. The number of aliphatic hydroxyl groups is 2. The van der Waals surface area contributed by atoms with Crippen LogP contribution in [0.15, 0.2) is 12.2 Å². The van der Waals surface area contributed by atoms with Crippen LogP contribution in [0.5, 0.6) is 0 Å². The summed E-state index contributed by atoms with van der Waals surface area (Å²) in [5.74, 6) is -0.735. The number of carboxylic acids is 1. The Morgan fingerprint density at radius 2 is 1.59 bits per heavy atom. The van der Waals surface area contributed by atoms with Gasteiger partial charge in [-0.05, 0) is 32.1 Å². The van der Waals surface area contributed by atoms with Crippen molar-refractivity contribution in [2.75, 3.05) is 0 Å². The summed E-state index contributed by atoms with van der Waals surface area (Å²) in [7, 11) is 0. The zero-order valence-electron chi connectivity index (χ0n) is 14.0. The molecule has 22 heavy (non-hydrogen) atoms. The number of carbonyl (C=O) groups is 1. The van der Waals surface area contributed by atoms with Gasteiger partial charge in [-0.2, -0.15) is 0 Å². The molecule has 0 aliphatic heterocycles. The summed E-state index contributed by atoms with van der Waals surface area (Å²) in [5, 5.41) is 28.2. The molecule has 0 unspecified atom stereocenters. The van der Waals surface area contributed by atoms with E-state index in [9.17, 15) is 15.0 Å². The summed E-state index contributed by atoms with van der Waals surface area (Å²) in [6, 6.07) is 0. The number of rotatable bonds is 15. The third-order valence-corrected chi connectivity index (χ3v) is 3.85. The lowest BCUT2D eigenvalue weighted by atomic mass is 10.0. The van der Waals surface area contributed by atoms with Crippen molar-refractivity contribution < 1.29 is 20.1 Å². The van der Waals surface area contributed by atoms with Crippen molar-refractivity contribution in [1.82, 2.24) is 0 Å². The standard InChI is InChI=1S/C18H34O4/c1-2-3-4-5-7-10-13-16(19)17(20)14-11-8-6-9-12-15-18(21)22/h7,10,16-17,19-20H,2-6,8-9,11-15H2,1H3,(H,21,22)/b10-7+/t16-,17-/m1/s1. The fraction of sp³-hybridized carbons (Fsp3) is 0.833. The zero-order chi connectivity index (χ0) is 16.6. The van der Waals surface area contributed by atoms with Gasteiger partial charge in [0.25, 0.3) is 0 Å². The van der Waals surface area contributed by atoms with E-state index in [1.54, 1.807) is 0 Å². The van der Waals surface area contributed by atoms with Crippen molar-refractivity contribution in [3.63, 3.8) is 0 Å². The molecule has 0 heterocycles. The maximum atomic E-state index is 10.3. The Bertz CT molecular complexity index is 289. The molecule has 0 saturated carbocycles.